The molecule has 0 saturated heterocycles. The number of amides is 4. The summed E-state index contributed by atoms with van der Waals surface area (Å²) in [6.07, 6.45) is 2.11. The fourth-order valence-corrected chi connectivity index (χ4v) is 4.96. The Morgan fingerprint density at radius 3 is 2.49 bits per heavy atom. The molecule has 0 radical (unpaired) electrons. The molecular formula is C31H40N8O6. The number of carbonyl (C=O) groups is 4. The van der Waals surface area contributed by atoms with Crippen LogP contribution in [0.5, 0.6) is 11.5 Å². The lowest BCUT2D eigenvalue weighted by molar-refractivity contribution is -0.135. The van der Waals surface area contributed by atoms with Crippen molar-refractivity contribution < 1.29 is 28.7 Å². The molecule has 3 heterocycles. The molecule has 2 N–H and O–H groups in total. The van der Waals surface area contributed by atoms with Gasteiger partial charge in [0, 0.05) is 38.8 Å². The van der Waals surface area contributed by atoms with Crippen LogP contribution in [0.25, 0.3) is 5.69 Å². The third-order valence-corrected chi connectivity index (χ3v) is 7.49. The van der Waals surface area contributed by atoms with Gasteiger partial charge in [0.05, 0.1) is 19.2 Å². The first-order chi connectivity index (χ1) is 21.7. The first-order valence-corrected chi connectivity index (χ1v) is 14.9. The van der Waals surface area contributed by atoms with Crippen LogP contribution >= 0.6 is 0 Å². The van der Waals surface area contributed by atoms with Gasteiger partial charge in [-0.05, 0) is 79.4 Å². The second-order valence-corrected chi connectivity index (χ2v) is 10.9. The Hall–Kier alpha value is -5.01. The van der Waals surface area contributed by atoms with E-state index in [0.29, 0.717) is 68.3 Å². The topological polar surface area (TPSA) is 161 Å². The minimum atomic E-state index is -0.748. The number of nitrogens with zero attached hydrogens (tertiary/aromatic N) is 6. The highest BCUT2D eigenvalue weighted by molar-refractivity contribution is 5.95. The molecule has 4 amide bonds. The van der Waals surface area contributed by atoms with Crippen LogP contribution in [0, 0.1) is 6.92 Å². The average molecular weight is 621 g/mol. The van der Waals surface area contributed by atoms with E-state index in [1.807, 2.05) is 31.2 Å². The van der Waals surface area contributed by atoms with E-state index >= 15 is 0 Å². The van der Waals surface area contributed by atoms with Gasteiger partial charge in [0.1, 0.15) is 6.04 Å². The Bertz CT molecular complexity index is 1490. The van der Waals surface area contributed by atoms with Crippen LogP contribution in [0.3, 0.4) is 0 Å². The number of rotatable bonds is 4. The number of ether oxygens (including phenoxy) is 2. The van der Waals surface area contributed by atoms with E-state index < -0.39 is 11.9 Å². The molecular weight excluding hydrogens is 580 g/mol. The lowest BCUT2D eigenvalue weighted by Gasteiger charge is -2.25. The molecule has 14 heteroatoms. The van der Waals surface area contributed by atoms with Gasteiger partial charge in [-0.1, -0.05) is 12.1 Å². The standard InChI is InChI=1S/C31H40N8O6/c1-21-31(43)37(3)15-5-6-16-38(29(41)18-23-8-11-25(12-9-23)39-22(2)34-35-36-39)17-7-14-32-30(42)24-10-13-26(27(19-24)44-4)45-20-28(40)33-21/h8-13,19,21H,5-7,14-18,20H2,1-4H3,(H,32,42)(H,33,40)/t21-/m0/s1. The molecule has 0 aliphatic carbocycles. The molecule has 0 unspecified atom stereocenters. The van der Waals surface area contributed by atoms with Gasteiger partial charge in [0.2, 0.25) is 11.8 Å². The summed E-state index contributed by atoms with van der Waals surface area (Å²) in [6, 6.07) is 11.4. The van der Waals surface area contributed by atoms with Crippen LogP contribution in [-0.4, -0.2) is 107 Å². The van der Waals surface area contributed by atoms with Gasteiger partial charge >= 0.3 is 0 Å². The number of benzene rings is 2. The Labute approximate surface area is 262 Å². The molecule has 0 fully saturated rings. The van der Waals surface area contributed by atoms with E-state index in [4.69, 9.17) is 9.47 Å². The van der Waals surface area contributed by atoms with Crippen molar-refractivity contribution in [2.45, 2.75) is 45.6 Å². The molecule has 1 atom stereocenters. The van der Waals surface area contributed by atoms with Crippen molar-refractivity contribution in [1.82, 2.24) is 40.6 Å². The van der Waals surface area contributed by atoms with Crippen molar-refractivity contribution in [3.8, 4) is 17.2 Å². The number of hydrogen-bond donors (Lipinski definition) is 2. The van der Waals surface area contributed by atoms with Crippen molar-refractivity contribution in [2.24, 2.45) is 0 Å². The van der Waals surface area contributed by atoms with Crippen molar-refractivity contribution in [2.75, 3.05) is 46.9 Å². The predicted octanol–water partition coefficient (Wildman–Crippen LogP) is 1.31. The number of likely N-dealkylation sites (N-methyl/N-ethyl adjacent to an activating group) is 1. The Morgan fingerprint density at radius 1 is 1.04 bits per heavy atom. The van der Waals surface area contributed by atoms with Gasteiger partial charge in [0.15, 0.2) is 23.9 Å². The fraction of sp³-hybridized carbons (Fsp3) is 0.452. The Balaban J connectivity index is 1.45. The second-order valence-electron chi connectivity index (χ2n) is 10.9. The summed E-state index contributed by atoms with van der Waals surface area (Å²) in [5.74, 6) is 0.222. The number of methoxy groups -OCH3 is 1. The zero-order chi connectivity index (χ0) is 32.3. The molecule has 3 aromatic rings. The van der Waals surface area contributed by atoms with E-state index in [-0.39, 0.29) is 30.7 Å². The summed E-state index contributed by atoms with van der Waals surface area (Å²) in [5, 5.41) is 17.1. The Kier molecular flexibility index (Phi) is 11.4. The summed E-state index contributed by atoms with van der Waals surface area (Å²) < 4.78 is 12.6. The molecule has 0 spiro atoms. The number of aryl methyl sites for hydroxylation is 1. The molecule has 45 heavy (non-hydrogen) atoms. The van der Waals surface area contributed by atoms with E-state index in [1.54, 1.807) is 40.6 Å². The number of tetrazole rings is 1. The van der Waals surface area contributed by atoms with Gasteiger partial charge in [-0.25, -0.2) is 0 Å². The van der Waals surface area contributed by atoms with Gasteiger partial charge < -0.3 is 29.9 Å². The third-order valence-electron chi connectivity index (χ3n) is 7.49. The molecule has 2 aliphatic heterocycles. The molecule has 1 aromatic heterocycles. The van der Waals surface area contributed by atoms with Crippen LogP contribution in [0.2, 0.25) is 0 Å². The van der Waals surface area contributed by atoms with Gasteiger partial charge in [0.25, 0.3) is 11.8 Å². The van der Waals surface area contributed by atoms with Crippen LogP contribution in [0.1, 0.15) is 47.9 Å². The molecule has 5 rings (SSSR count). The van der Waals surface area contributed by atoms with Crippen molar-refractivity contribution in [3.05, 3.63) is 59.4 Å². The molecule has 2 bridgehead atoms. The maximum absolute atomic E-state index is 13.4. The molecule has 2 aromatic carbocycles. The highest BCUT2D eigenvalue weighted by Crippen LogP contribution is 2.28. The third kappa shape index (κ3) is 9.00. The number of nitrogens with one attached hydrogen (secondary N) is 2. The van der Waals surface area contributed by atoms with Crippen LogP contribution in [0.4, 0.5) is 0 Å². The number of aromatic nitrogens is 4. The number of carbonyl (C=O) groups excluding carboxylic acids is 4. The van der Waals surface area contributed by atoms with E-state index in [1.165, 1.54) is 13.2 Å². The maximum atomic E-state index is 13.4. The van der Waals surface area contributed by atoms with Crippen molar-refractivity contribution in [1.29, 1.82) is 0 Å². The lowest BCUT2D eigenvalue weighted by Crippen LogP contribution is -2.47. The molecule has 240 valence electrons. The van der Waals surface area contributed by atoms with E-state index in [9.17, 15) is 19.2 Å². The first kappa shape index (κ1) is 32.9. The van der Waals surface area contributed by atoms with Crippen LogP contribution < -0.4 is 20.1 Å². The van der Waals surface area contributed by atoms with Gasteiger partial charge in [-0.3, -0.25) is 19.2 Å². The molecule has 14 nitrogen and oxygen atoms in total. The predicted molar refractivity (Wildman–Crippen MR) is 164 cm³/mol. The van der Waals surface area contributed by atoms with Crippen LogP contribution in [-0.2, 0) is 20.8 Å². The number of hydrogen-bond acceptors (Lipinski definition) is 9. The zero-order valence-electron chi connectivity index (χ0n) is 26.1. The second kappa shape index (κ2) is 15.6. The summed E-state index contributed by atoms with van der Waals surface area (Å²) in [7, 11) is 3.13. The first-order valence-electron chi connectivity index (χ1n) is 14.9. The quantitative estimate of drug-likeness (QED) is 0.410. The van der Waals surface area contributed by atoms with Crippen molar-refractivity contribution >= 4 is 23.6 Å². The highest BCUT2D eigenvalue weighted by atomic mass is 16.5. The Morgan fingerprint density at radius 2 is 1.78 bits per heavy atom. The SMILES string of the molecule is COc1cc2ccc1OCC(=O)N[C@@H](C)C(=O)N(C)CCCCN(C(=O)Cc1ccc(-n3nnnc3C)cc1)CCCNC2=O. The normalized spacial score (nSPS) is 17.6. The van der Waals surface area contributed by atoms with Crippen molar-refractivity contribution in [3.63, 3.8) is 0 Å². The largest absolute Gasteiger partial charge is 0.493 e. The number of fused-ring (bicyclic) bond motifs is 18. The zero-order valence-corrected chi connectivity index (χ0v) is 26.1. The monoisotopic (exact) mass is 620 g/mol. The highest BCUT2D eigenvalue weighted by Gasteiger charge is 2.21. The maximum Gasteiger partial charge on any atom is 0.258 e. The summed E-state index contributed by atoms with van der Waals surface area (Å²) in [5.41, 5.74) is 2.02. The molecule has 0 saturated carbocycles. The summed E-state index contributed by atoms with van der Waals surface area (Å²) in [4.78, 5) is 55.0. The minimum Gasteiger partial charge on any atom is -0.493 e. The summed E-state index contributed by atoms with van der Waals surface area (Å²) >= 11 is 0. The van der Waals surface area contributed by atoms with E-state index in [2.05, 4.69) is 26.2 Å². The van der Waals surface area contributed by atoms with Gasteiger partial charge in [-0.2, -0.15) is 4.68 Å². The smallest absolute Gasteiger partial charge is 0.258 e. The van der Waals surface area contributed by atoms with Crippen LogP contribution in [0.15, 0.2) is 42.5 Å². The lowest BCUT2D eigenvalue weighted by atomic mass is 10.1. The fourth-order valence-electron chi connectivity index (χ4n) is 4.96. The van der Waals surface area contributed by atoms with E-state index in [0.717, 1.165) is 11.3 Å². The summed E-state index contributed by atoms with van der Waals surface area (Å²) in [6.45, 7) is 4.89. The molecule has 2 aliphatic rings. The van der Waals surface area contributed by atoms with Gasteiger partial charge in [-0.15, -0.1) is 5.10 Å². The minimum absolute atomic E-state index is 0.0350. The average Bonchev–Trinajstić information content (AvgIpc) is 3.47.